The van der Waals surface area contributed by atoms with E-state index in [1.807, 2.05) is 38.3 Å². The zero-order chi connectivity index (χ0) is 16.1. The monoisotopic (exact) mass is 318 g/mol. The summed E-state index contributed by atoms with van der Waals surface area (Å²) in [7, 11) is 0. The molecule has 1 unspecified atom stereocenters. The molecule has 5 heteroatoms. The summed E-state index contributed by atoms with van der Waals surface area (Å²) >= 11 is 1.54. The van der Waals surface area contributed by atoms with Crippen molar-refractivity contribution in [2.45, 2.75) is 33.3 Å². The van der Waals surface area contributed by atoms with Gasteiger partial charge in [-0.1, -0.05) is 43.7 Å². The van der Waals surface area contributed by atoms with Crippen molar-refractivity contribution in [1.29, 1.82) is 0 Å². The average molecular weight is 318 g/mol. The summed E-state index contributed by atoms with van der Waals surface area (Å²) in [4.78, 5) is 16.4. The Morgan fingerprint density at radius 2 is 2.00 bits per heavy atom. The molecule has 0 spiro atoms. The molecule has 0 bridgehead atoms. The molecular weight excluding hydrogens is 296 g/mol. The molecule has 0 saturated heterocycles. The number of carbonyl (C=O) groups is 1. The highest BCUT2D eigenvalue weighted by Gasteiger charge is 2.12. The number of nitrogens with one attached hydrogen (secondary N) is 1. The number of amides is 1. The van der Waals surface area contributed by atoms with Crippen LogP contribution in [0.25, 0.3) is 10.6 Å². The number of aliphatic hydroxyl groups excluding tert-OH is 1. The number of hydrogen-bond acceptors (Lipinski definition) is 4. The lowest BCUT2D eigenvalue weighted by Crippen LogP contribution is -2.35. The number of nitrogens with zero attached hydrogens (tertiary/aromatic N) is 1. The fourth-order valence-corrected chi connectivity index (χ4v) is 2.72. The van der Waals surface area contributed by atoms with Crippen LogP contribution in [0.3, 0.4) is 0 Å². The molecule has 4 nitrogen and oxygen atoms in total. The molecule has 1 aromatic heterocycles. The van der Waals surface area contributed by atoms with Gasteiger partial charge < -0.3 is 10.4 Å². The van der Waals surface area contributed by atoms with Gasteiger partial charge in [-0.2, -0.15) is 0 Å². The summed E-state index contributed by atoms with van der Waals surface area (Å²) in [5.41, 5.74) is 3.04. The van der Waals surface area contributed by atoms with Gasteiger partial charge in [-0.05, 0) is 12.8 Å². The molecular formula is C17H22N2O2S. The molecule has 2 aromatic rings. The largest absolute Gasteiger partial charge is 0.391 e. The number of thiazole rings is 1. The maximum atomic E-state index is 11.9. The van der Waals surface area contributed by atoms with E-state index in [1.165, 1.54) is 16.9 Å². The van der Waals surface area contributed by atoms with Crippen molar-refractivity contribution >= 4 is 17.2 Å². The smallest absolute Gasteiger partial charge is 0.226 e. The molecule has 0 saturated carbocycles. The van der Waals surface area contributed by atoms with Gasteiger partial charge in [-0.25, -0.2) is 4.98 Å². The Hall–Kier alpha value is -1.72. The second-order valence-electron chi connectivity index (χ2n) is 5.80. The number of aromatic nitrogens is 1. The second kappa shape index (κ2) is 7.51. The third kappa shape index (κ3) is 4.64. The van der Waals surface area contributed by atoms with Crippen LogP contribution in [-0.2, 0) is 11.2 Å². The van der Waals surface area contributed by atoms with Crippen LogP contribution in [0, 0.1) is 12.8 Å². The highest BCUT2D eigenvalue weighted by molar-refractivity contribution is 7.13. The predicted octanol–water partition coefficient (Wildman–Crippen LogP) is 2.79. The van der Waals surface area contributed by atoms with Crippen LogP contribution >= 0.6 is 11.3 Å². The van der Waals surface area contributed by atoms with Gasteiger partial charge in [0.1, 0.15) is 5.01 Å². The number of aryl methyl sites for hydroxylation is 1. The summed E-state index contributed by atoms with van der Waals surface area (Å²) in [5, 5.41) is 15.3. The van der Waals surface area contributed by atoms with Crippen molar-refractivity contribution in [2.75, 3.05) is 6.54 Å². The minimum absolute atomic E-state index is 0.111. The predicted molar refractivity (Wildman–Crippen MR) is 89.8 cm³/mol. The third-order valence-corrected chi connectivity index (χ3v) is 4.41. The minimum Gasteiger partial charge on any atom is -0.391 e. The Balaban J connectivity index is 1.91. The van der Waals surface area contributed by atoms with Crippen molar-refractivity contribution in [2.24, 2.45) is 5.92 Å². The molecule has 0 aliphatic rings. The SMILES string of the molecule is Cc1ccc(-c2nc(CC(=O)NCC(O)C(C)C)cs2)cc1. The molecule has 2 N–H and O–H groups in total. The zero-order valence-corrected chi connectivity index (χ0v) is 14.0. The summed E-state index contributed by atoms with van der Waals surface area (Å²) in [6, 6.07) is 8.18. The molecule has 0 radical (unpaired) electrons. The number of rotatable bonds is 6. The van der Waals surface area contributed by atoms with Gasteiger partial charge in [-0.3, -0.25) is 4.79 Å². The van der Waals surface area contributed by atoms with E-state index in [2.05, 4.69) is 22.4 Å². The maximum absolute atomic E-state index is 11.9. The van der Waals surface area contributed by atoms with E-state index in [1.54, 1.807) is 0 Å². The first kappa shape index (κ1) is 16.6. The molecule has 0 aliphatic heterocycles. The van der Waals surface area contributed by atoms with Gasteiger partial charge in [0, 0.05) is 17.5 Å². The van der Waals surface area contributed by atoms with Crippen LogP contribution in [0.1, 0.15) is 25.1 Å². The van der Waals surface area contributed by atoms with E-state index in [4.69, 9.17) is 0 Å². The standard InChI is InChI=1S/C17H22N2O2S/c1-11(2)15(20)9-18-16(21)8-14-10-22-17(19-14)13-6-4-12(3)5-7-13/h4-7,10-11,15,20H,8-9H2,1-3H3,(H,18,21). The summed E-state index contributed by atoms with van der Waals surface area (Å²) in [6.07, 6.45) is -0.268. The molecule has 22 heavy (non-hydrogen) atoms. The first-order valence-electron chi connectivity index (χ1n) is 7.42. The highest BCUT2D eigenvalue weighted by Crippen LogP contribution is 2.24. The molecule has 1 atom stereocenters. The van der Waals surface area contributed by atoms with Crippen LogP contribution in [0.15, 0.2) is 29.6 Å². The minimum atomic E-state index is -0.512. The Morgan fingerprint density at radius 1 is 1.32 bits per heavy atom. The fourth-order valence-electron chi connectivity index (χ4n) is 1.90. The molecule has 1 heterocycles. The van der Waals surface area contributed by atoms with Crippen LogP contribution in [0.4, 0.5) is 0 Å². The lowest BCUT2D eigenvalue weighted by Gasteiger charge is -2.14. The van der Waals surface area contributed by atoms with E-state index in [0.29, 0.717) is 0 Å². The number of aliphatic hydroxyl groups is 1. The summed E-state index contributed by atoms with van der Waals surface area (Å²) < 4.78 is 0. The molecule has 2 rings (SSSR count). The van der Waals surface area contributed by atoms with Crippen LogP contribution in [0.2, 0.25) is 0 Å². The molecule has 118 valence electrons. The maximum Gasteiger partial charge on any atom is 0.226 e. The van der Waals surface area contributed by atoms with Crippen LogP contribution in [0.5, 0.6) is 0 Å². The Bertz CT molecular complexity index is 620. The summed E-state index contributed by atoms with van der Waals surface area (Å²) in [5.74, 6) is 0.0215. The number of benzene rings is 1. The van der Waals surface area contributed by atoms with Crippen molar-refractivity contribution < 1.29 is 9.90 Å². The fraction of sp³-hybridized carbons (Fsp3) is 0.412. The number of carbonyl (C=O) groups excluding carboxylic acids is 1. The van der Waals surface area contributed by atoms with E-state index >= 15 is 0 Å². The Labute approximate surface area is 135 Å². The quantitative estimate of drug-likeness (QED) is 0.861. The van der Waals surface area contributed by atoms with Crippen molar-refractivity contribution in [3.8, 4) is 10.6 Å². The van der Waals surface area contributed by atoms with Crippen LogP contribution < -0.4 is 5.32 Å². The van der Waals surface area contributed by atoms with Gasteiger partial charge in [0.2, 0.25) is 5.91 Å². The van der Waals surface area contributed by atoms with Gasteiger partial charge in [0.15, 0.2) is 0 Å². The summed E-state index contributed by atoms with van der Waals surface area (Å²) in [6.45, 7) is 6.18. The lowest BCUT2D eigenvalue weighted by atomic mass is 10.1. The second-order valence-corrected chi connectivity index (χ2v) is 6.66. The highest BCUT2D eigenvalue weighted by atomic mass is 32.1. The topological polar surface area (TPSA) is 62.2 Å². The lowest BCUT2D eigenvalue weighted by molar-refractivity contribution is -0.121. The van der Waals surface area contributed by atoms with Gasteiger partial charge in [-0.15, -0.1) is 11.3 Å². The zero-order valence-electron chi connectivity index (χ0n) is 13.2. The van der Waals surface area contributed by atoms with E-state index in [9.17, 15) is 9.90 Å². The van der Waals surface area contributed by atoms with Crippen molar-refractivity contribution in [3.63, 3.8) is 0 Å². The van der Waals surface area contributed by atoms with E-state index in [0.717, 1.165) is 16.3 Å². The first-order valence-corrected chi connectivity index (χ1v) is 8.30. The number of hydrogen-bond donors (Lipinski definition) is 2. The third-order valence-electron chi connectivity index (χ3n) is 3.47. The molecule has 1 amide bonds. The van der Waals surface area contributed by atoms with Gasteiger partial charge in [0.25, 0.3) is 0 Å². The Morgan fingerprint density at radius 3 is 2.64 bits per heavy atom. The van der Waals surface area contributed by atoms with E-state index < -0.39 is 6.10 Å². The molecule has 0 aliphatic carbocycles. The molecule has 0 fully saturated rings. The van der Waals surface area contributed by atoms with Gasteiger partial charge >= 0.3 is 0 Å². The first-order chi connectivity index (χ1) is 10.5. The van der Waals surface area contributed by atoms with Crippen molar-refractivity contribution in [1.82, 2.24) is 10.3 Å². The Kier molecular flexibility index (Phi) is 5.69. The van der Waals surface area contributed by atoms with Crippen molar-refractivity contribution in [3.05, 3.63) is 40.9 Å². The van der Waals surface area contributed by atoms with Crippen LogP contribution in [-0.4, -0.2) is 28.6 Å². The normalized spacial score (nSPS) is 12.4. The molecule has 1 aromatic carbocycles. The van der Waals surface area contributed by atoms with Gasteiger partial charge in [0.05, 0.1) is 18.2 Å². The van der Waals surface area contributed by atoms with E-state index in [-0.39, 0.29) is 24.8 Å². The average Bonchev–Trinajstić information content (AvgIpc) is 2.93.